The van der Waals surface area contributed by atoms with Gasteiger partial charge in [-0.1, -0.05) is 43.7 Å². The molecule has 98 valence electrons. The van der Waals surface area contributed by atoms with E-state index in [1.54, 1.807) is 0 Å². The molecule has 0 spiro atoms. The van der Waals surface area contributed by atoms with Gasteiger partial charge in [-0.15, -0.1) is 0 Å². The lowest BCUT2D eigenvalue weighted by atomic mass is 9.80. The third-order valence-electron chi connectivity index (χ3n) is 3.94. The van der Waals surface area contributed by atoms with Crippen LogP contribution in [0, 0.1) is 12.8 Å². The predicted octanol–water partition coefficient (Wildman–Crippen LogP) is 2.81. The van der Waals surface area contributed by atoms with Crippen molar-refractivity contribution in [1.82, 2.24) is 0 Å². The summed E-state index contributed by atoms with van der Waals surface area (Å²) in [6.45, 7) is 7.96. The molecule has 1 aromatic rings. The number of hydrogen-bond donors (Lipinski definition) is 0. The second-order valence-corrected chi connectivity index (χ2v) is 5.38. The zero-order chi connectivity index (χ0) is 13.6. The maximum Gasteiger partial charge on any atom is 0.341 e. The molecule has 0 aromatic heterocycles. The SMILES string of the molecule is COC(=O)C1(C(C)C)OC1(C)c1ccc(C)cc1. The highest BCUT2D eigenvalue weighted by molar-refractivity contribution is 5.85. The Balaban J connectivity index is 2.40. The summed E-state index contributed by atoms with van der Waals surface area (Å²) >= 11 is 0. The second-order valence-electron chi connectivity index (χ2n) is 5.38. The van der Waals surface area contributed by atoms with Crippen LogP contribution in [0.5, 0.6) is 0 Å². The number of esters is 1. The van der Waals surface area contributed by atoms with Crippen molar-refractivity contribution in [3.8, 4) is 0 Å². The number of epoxide rings is 1. The van der Waals surface area contributed by atoms with Crippen molar-refractivity contribution in [1.29, 1.82) is 0 Å². The average Bonchev–Trinajstić information content (AvgIpc) is 2.98. The standard InChI is InChI=1S/C15H20O3/c1-10(2)15(13(16)17-5)14(4,18-15)12-8-6-11(3)7-9-12/h6-10H,1-5H3. The summed E-state index contributed by atoms with van der Waals surface area (Å²) in [6, 6.07) is 8.10. The van der Waals surface area contributed by atoms with E-state index in [-0.39, 0.29) is 11.9 Å². The third-order valence-corrected chi connectivity index (χ3v) is 3.94. The van der Waals surface area contributed by atoms with Crippen molar-refractivity contribution < 1.29 is 14.3 Å². The minimum Gasteiger partial charge on any atom is -0.467 e. The molecule has 18 heavy (non-hydrogen) atoms. The van der Waals surface area contributed by atoms with E-state index < -0.39 is 11.2 Å². The third kappa shape index (κ3) is 1.57. The molecule has 1 saturated heterocycles. The molecule has 3 heteroatoms. The molecule has 3 nitrogen and oxygen atoms in total. The summed E-state index contributed by atoms with van der Waals surface area (Å²) in [7, 11) is 1.41. The van der Waals surface area contributed by atoms with Gasteiger partial charge in [0, 0.05) is 0 Å². The van der Waals surface area contributed by atoms with Crippen molar-refractivity contribution in [3.63, 3.8) is 0 Å². The predicted molar refractivity (Wildman–Crippen MR) is 69.2 cm³/mol. The van der Waals surface area contributed by atoms with Crippen LogP contribution in [0.3, 0.4) is 0 Å². The molecule has 2 atom stereocenters. The van der Waals surface area contributed by atoms with Crippen LogP contribution in [0.25, 0.3) is 0 Å². The van der Waals surface area contributed by atoms with Crippen LogP contribution in [0.1, 0.15) is 31.9 Å². The highest BCUT2D eigenvalue weighted by Crippen LogP contribution is 2.60. The molecular weight excluding hydrogens is 228 g/mol. The summed E-state index contributed by atoms with van der Waals surface area (Å²) in [4.78, 5) is 12.0. The summed E-state index contributed by atoms with van der Waals surface area (Å²) in [6.07, 6.45) is 0. The Labute approximate surface area is 108 Å². The van der Waals surface area contributed by atoms with Crippen LogP contribution >= 0.6 is 0 Å². The molecule has 0 N–H and O–H groups in total. The van der Waals surface area contributed by atoms with Crippen molar-refractivity contribution >= 4 is 5.97 Å². The van der Waals surface area contributed by atoms with Crippen molar-refractivity contribution in [3.05, 3.63) is 35.4 Å². The van der Waals surface area contributed by atoms with Gasteiger partial charge in [-0.05, 0) is 25.3 Å². The van der Waals surface area contributed by atoms with Crippen LogP contribution in [0.15, 0.2) is 24.3 Å². The van der Waals surface area contributed by atoms with Gasteiger partial charge in [0.1, 0.15) is 5.60 Å². The number of rotatable bonds is 3. The molecule has 2 unspecified atom stereocenters. The van der Waals surface area contributed by atoms with Crippen LogP contribution in [-0.4, -0.2) is 18.7 Å². The molecule has 1 heterocycles. The van der Waals surface area contributed by atoms with E-state index in [1.807, 2.05) is 52.0 Å². The van der Waals surface area contributed by atoms with Gasteiger partial charge in [-0.2, -0.15) is 0 Å². The molecule has 0 amide bonds. The molecule has 2 rings (SSSR count). The number of aryl methyl sites for hydroxylation is 1. The largest absolute Gasteiger partial charge is 0.467 e. The number of hydrogen-bond acceptors (Lipinski definition) is 3. The van der Waals surface area contributed by atoms with E-state index in [1.165, 1.54) is 12.7 Å². The zero-order valence-corrected chi connectivity index (χ0v) is 11.6. The van der Waals surface area contributed by atoms with Crippen LogP contribution < -0.4 is 0 Å². The van der Waals surface area contributed by atoms with Crippen molar-refractivity contribution in [2.75, 3.05) is 7.11 Å². The minimum atomic E-state index is -0.850. The van der Waals surface area contributed by atoms with Gasteiger partial charge >= 0.3 is 5.97 Å². The molecule has 0 bridgehead atoms. The van der Waals surface area contributed by atoms with E-state index >= 15 is 0 Å². The van der Waals surface area contributed by atoms with E-state index in [4.69, 9.17) is 9.47 Å². The Morgan fingerprint density at radius 2 is 1.83 bits per heavy atom. The van der Waals surface area contributed by atoms with Crippen LogP contribution in [-0.2, 0) is 19.9 Å². The molecule has 0 radical (unpaired) electrons. The topological polar surface area (TPSA) is 38.8 Å². The molecular formula is C15H20O3. The molecule has 1 aliphatic rings. The number of ether oxygens (including phenoxy) is 2. The first kappa shape index (κ1) is 13.1. The van der Waals surface area contributed by atoms with Crippen molar-refractivity contribution in [2.45, 2.75) is 38.9 Å². The molecule has 1 aliphatic heterocycles. The van der Waals surface area contributed by atoms with E-state index in [9.17, 15) is 4.79 Å². The Morgan fingerprint density at radius 1 is 1.28 bits per heavy atom. The summed E-state index contributed by atoms with van der Waals surface area (Å²) in [5, 5.41) is 0. The number of benzene rings is 1. The Morgan fingerprint density at radius 3 is 2.28 bits per heavy atom. The lowest BCUT2D eigenvalue weighted by Gasteiger charge is -2.18. The first-order valence-corrected chi connectivity index (χ1v) is 6.24. The number of methoxy groups -OCH3 is 1. The average molecular weight is 248 g/mol. The first-order valence-electron chi connectivity index (χ1n) is 6.24. The highest BCUT2D eigenvalue weighted by Gasteiger charge is 2.75. The van der Waals surface area contributed by atoms with Crippen LogP contribution in [0.4, 0.5) is 0 Å². The van der Waals surface area contributed by atoms with E-state index in [0.29, 0.717) is 0 Å². The lowest BCUT2D eigenvalue weighted by molar-refractivity contribution is -0.148. The molecule has 0 saturated carbocycles. The fraction of sp³-hybridized carbons (Fsp3) is 0.533. The quantitative estimate of drug-likeness (QED) is 0.610. The van der Waals surface area contributed by atoms with Crippen LogP contribution in [0.2, 0.25) is 0 Å². The fourth-order valence-corrected chi connectivity index (χ4v) is 2.73. The zero-order valence-electron chi connectivity index (χ0n) is 11.6. The second kappa shape index (κ2) is 4.09. The maximum atomic E-state index is 12.0. The summed E-state index contributed by atoms with van der Waals surface area (Å²) in [5.74, 6) is -0.225. The van der Waals surface area contributed by atoms with E-state index in [2.05, 4.69) is 0 Å². The van der Waals surface area contributed by atoms with Gasteiger partial charge in [0.25, 0.3) is 0 Å². The maximum absolute atomic E-state index is 12.0. The van der Waals surface area contributed by atoms with Gasteiger partial charge in [0.2, 0.25) is 5.60 Å². The monoisotopic (exact) mass is 248 g/mol. The highest BCUT2D eigenvalue weighted by atomic mass is 16.7. The summed E-state index contributed by atoms with van der Waals surface area (Å²) in [5.41, 5.74) is 0.780. The first-order chi connectivity index (χ1) is 8.38. The Hall–Kier alpha value is -1.35. The lowest BCUT2D eigenvalue weighted by Crippen LogP contribution is -2.37. The Kier molecular flexibility index (Phi) is 2.98. The van der Waals surface area contributed by atoms with Gasteiger partial charge < -0.3 is 9.47 Å². The fourth-order valence-electron chi connectivity index (χ4n) is 2.73. The van der Waals surface area contributed by atoms with Gasteiger partial charge in [-0.3, -0.25) is 0 Å². The van der Waals surface area contributed by atoms with Gasteiger partial charge in [-0.25, -0.2) is 4.79 Å². The van der Waals surface area contributed by atoms with E-state index in [0.717, 1.165) is 5.56 Å². The number of carbonyl (C=O) groups is 1. The van der Waals surface area contributed by atoms with Gasteiger partial charge in [0.05, 0.1) is 7.11 Å². The van der Waals surface area contributed by atoms with Crippen molar-refractivity contribution in [2.24, 2.45) is 5.92 Å². The normalized spacial score (nSPS) is 30.3. The molecule has 0 aliphatic carbocycles. The molecule has 1 fully saturated rings. The van der Waals surface area contributed by atoms with Gasteiger partial charge in [0.15, 0.2) is 0 Å². The molecule has 1 aromatic carbocycles. The minimum absolute atomic E-state index is 0.0660. The summed E-state index contributed by atoms with van der Waals surface area (Å²) < 4.78 is 10.8. The number of carbonyl (C=O) groups excluding carboxylic acids is 1. The Bertz CT molecular complexity index is 463. The smallest absolute Gasteiger partial charge is 0.341 e.